The second-order valence-electron chi connectivity index (χ2n) is 4.83. The van der Waals surface area contributed by atoms with Crippen molar-refractivity contribution >= 4 is 39.1 Å². The minimum Gasteiger partial charge on any atom is -0.304 e. The summed E-state index contributed by atoms with van der Waals surface area (Å²) in [6.45, 7) is 4.24. The van der Waals surface area contributed by atoms with Gasteiger partial charge in [0, 0.05) is 26.6 Å². The van der Waals surface area contributed by atoms with Gasteiger partial charge in [-0.3, -0.25) is 0 Å². The highest BCUT2D eigenvalue weighted by atomic mass is 79.9. The largest absolute Gasteiger partial charge is 0.304 e. The average molecular weight is 373 g/mol. The van der Waals surface area contributed by atoms with E-state index in [2.05, 4.69) is 47.2 Å². The third-order valence-electron chi connectivity index (χ3n) is 3.28. The standard InChI is InChI=1S/C16H16BrCl2N/c1-10(12-4-3-5-13(17)8-12)20-11(2)15-7-6-14(18)9-16(15)19/h3-11,20H,1-2H3/t10-,11?/m0/s1. The Bertz CT molecular complexity index is 601. The number of benzene rings is 2. The van der Waals surface area contributed by atoms with Crippen LogP contribution in [0.5, 0.6) is 0 Å². The zero-order valence-corrected chi connectivity index (χ0v) is 14.4. The summed E-state index contributed by atoms with van der Waals surface area (Å²) in [7, 11) is 0. The van der Waals surface area contributed by atoms with E-state index < -0.39 is 0 Å². The molecular formula is C16H16BrCl2N. The van der Waals surface area contributed by atoms with Gasteiger partial charge in [0.05, 0.1) is 0 Å². The van der Waals surface area contributed by atoms with Crippen LogP contribution in [0.1, 0.15) is 37.1 Å². The third kappa shape index (κ3) is 3.98. The first kappa shape index (κ1) is 15.8. The summed E-state index contributed by atoms with van der Waals surface area (Å²) in [6.07, 6.45) is 0. The fourth-order valence-electron chi connectivity index (χ4n) is 2.19. The van der Waals surface area contributed by atoms with Crippen LogP contribution in [0.15, 0.2) is 46.9 Å². The average Bonchev–Trinajstić information content (AvgIpc) is 2.38. The van der Waals surface area contributed by atoms with Crippen molar-refractivity contribution in [1.82, 2.24) is 5.32 Å². The molecule has 0 radical (unpaired) electrons. The lowest BCUT2D eigenvalue weighted by molar-refractivity contribution is 0.494. The van der Waals surface area contributed by atoms with E-state index in [1.165, 1.54) is 5.56 Å². The van der Waals surface area contributed by atoms with E-state index in [1.54, 1.807) is 6.07 Å². The van der Waals surface area contributed by atoms with Crippen molar-refractivity contribution in [1.29, 1.82) is 0 Å². The van der Waals surface area contributed by atoms with Crippen LogP contribution in [-0.4, -0.2) is 0 Å². The summed E-state index contributed by atoms with van der Waals surface area (Å²) in [5, 5.41) is 4.90. The van der Waals surface area contributed by atoms with Crippen molar-refractivity contribution in [3.63, 3.8) is 0 Å². The van der Waals surface area contributed by atoms with Crippen LogP contribution in [0.25, 0.3) is 0 Å². The molecule has 4 heteroatoms. The molecule has 1 nitrogen and oxygen atoms in total. The number of hydrogen-bond donors (Lipinski definition) is 1. The van der Waals surface area contributed by atoms with Gasteiger partial charge in [-0.25, -0.2) is 0 Å². The monoisotopic (exact) mass is 371 g/mol. The van der Waals surface area contributed by atoms with Crippen molar-refractivity contribution in [3.8, 4) is 0 Å². The first-order valence-electron chi connectivity index (χ1n) is 6.44. The quantitative estimate of drug-likeness (QED) is 0.676. The third-order valence-corrected chi connectivity index (χ3v) is 4.33. The van der Waals surface area contributed by atoms with Gasteiger partial charge in [0.2, 0.25) is 0 Å². The van der Waals surface area contributed by atoms with Crippen LogP contribution in [0.2, 0.25) is 10.0 Å². The van der Waals surface area contributed by atoms with E-state index in [9.17, 15) is 0 Å². The minimum absolute atomic E-state index is 0.147. The van der Waals surface area contributed by atoms with Crippen molar-refractivity contribution in [2.75, 3.05) is 0 Å². The molecule has 2 aromatic rings. The molecule has 2 atom stereocenters. The molecule has 0 fully saturated rings. The second-order valence-corrected chi connectivity index (χ2v) is 6.59. The number of nitrogens with one attached hydrogen (secondary N) is 1. The Balaban J connectivity index is 2.12. The molecule has 0 saturated heterocycles. The first-order valence-corrected chi connectivity index (χ1v) is 7.98. The Hall–Kier alpha value is -0.540. The lowest BCUT2D eigenvalue weighted by atomic mass is 10.0. The zero-order valence-electron chi connectivity index (χ0n) is 11.3. The predicted octanol–water partition coefficient (Wildman–Crippen LogP) is 6.17. The Morgan fingerprint density at radius 1 is 1.00 bits per heavy atom. The van der Waals surface area contributed by atoms with Crippen molar-refractivity contribution in [3.05, 3.63) is 68.1 Å². The molecule has 0 saturated carbocycles. The SMILES string of the molecule is CC(N[C@@H](C)c1cccc(Br)c1)c1ccc(Cl)cc1Cl. The van der Waals surface area contributed by atoms with Crippen LogP contribution in [-0.2, 0) is 0 Å². The number of halogens is 3. The van der Waals surface area contributed by atoms with Gasteiger partial charge in [-0.05, 0) is 49.2 Å². The number of hydrogen-bond acceptors (Lipinski definition) is 1. The first-order chi connectivity index (χ1) is 9.47. The van der Waals surface area contributed by atoms with E-state index in [0.717, 1.165) is 10.0 Å². The molecule has 0 spiro atoms. The van der Waals surface area contributed by atoms with E-state index >= 15 is 0 Å². The minimum atomic E-state index is 0.147. The smallest absolute Gasteiger partial charge is 0.0468 e. The van der Waals surface area contributed by atoms with Gasteiger partial charge in [-0.2, -0.15) is 0 Å². The molecule has 0 aliphatic rings. The van der Waals surface area contributed by atoms with Gasteiger partial charge >= 0.3 is 0 Å². The van der Waals surface area contributed by atoms with E-state index in [1.807, 2.05) is 24.3 Å². The maximum Gasteiger partial charge on any atom is 0.0468 e. The molecule has 0 heterocycles. The fourth-order valence-corrected chi connectivity index (χ4v) is 3.18. The van der Waals surface area contributed by atoms with Crippen LogP contribution >= 0.6 is 39.1 Å². The topological polar surface area (TPSA) is 12.0 Å². The van der Waals surface area contributed by atoms with Crippen LogP contribution in [0, 0.1) is 0 Å². The molecule has 0 aromatic heterocycles. The summed E-state index contributed by atoms with van der Waals surface area (Å²) in [4.78, 5) is 0. The predicted molar refractivity (Wildman–Crippen MR) is 90.6 cm³/mol. The summed E-state index contributed by atoms with van der Waals surface area (Å²) in [5.74, 6) is 0. The molecule has 0 aliphatic carbocycles. The maximum atomic E-state index is 6.25. The molecule has 1 unspecified atom stereocenters. The molecule has 1 N–H and O–H groups in total. The Morgan fingerprint density at radius 2 is 1.75 bits per heavy atom. The highest BCUT2D eigenvalue weighted by Gasteiger charge is 2.14. The Labute approximate surface area is 138 Å². The van der Waals surface area contributed by atoms with Gasteiger partial charge < -0.3 is 5.32 Å². The Morgan fingerprint density at radius 3 is 2.40 bits per heavy atom. The van der Waals surface area contributed by atoms with Gasteiger partial charge in [-0.15, -0.1) is 0 Å². The highest BCUT2D eigenvalue weighted by molar-refractivity contribution is 9.10. The summed E-state index contributed by atoms with van der Waals surface area (Å²) < 4.78 is 1.08. The second kappa shape index (κ2) is 6.95. The fraction of sp³-hybridized carbons (Fsp3) is 0.250. The normalized spacial score (nSPS) is 14.1. The maximum absolute atomic E-state index is 6.25. The summed E-state index contributed by atoms with van der Waals surface area (Å²) >= 11 is 15.7. The summed E-state index contributed by atoms with van der Waals surface area (Å²) in [6, 6.07) is 14.3. The highest BCUT2D eigenvalue weighted by Crippen LogP contribution is 2.28. The molecular weight excluding hydrogens is 357 g/mol. The molecule has 2 aromatic carbocycles. The van der Waals surface area contributed by atoms with Crippen molar-refractivity contribution in [2.24, 2.45) is 0 Å². The van der Waals surface area contributed by atoms with E-state index in [-0.39, 0.29) is 12.1 Å². The van der Waals surface area contributed by atoms with Crippen LogP contribution in [0.4, 0.5) is 0 Å². The Kier molecular flexibility index (Phi) is 5.50. The molecule has 106 valence electrons. The van der Waals surface area contributed by atoms with Crippen LogP contribution < -0.4 is 5.32 Å². The molecule has 0 amide bonds. The lowest BCUT2D eigenvalue weighted by Gasteiger charge is -2.22. The summed E-state index contributed by atoms with van der Waals surface area (Å²) in [5.41, 5.74) is 2.29. The molecule has 20 heavy (non-hydrogen) atoms. The molecule has 0 aliphatic heterocycles. The van der Waals surface area contributed by atoms with Gasteiger partial charge in [-0.1, -0.05) is 57.3 Å². The zero-order chi connectivity index (χ0) is 14.7. The molecule has 0 bridgehead atoms. The molecule has 2 rings (SSSR count). The van der Waals surface area contributed by atoms with Gasteiger partial charge in [0.15, 0.2) is 0 Å². The van der Waals surface area contributed by atoms with Crippen molar-refractivity contribution in [2.45, 2.75) is 25.9 Å². The lowest BCUT2D eigenvalue weighted by Crippen LogP contribution is -2.22. The van der Waals surface area contributed by atoms with Crippen molar-refractivity contribution < 1.29 is 0 Å². The van der Waals surface area contributed by atoms with Gasteiger partial charge in [0.25, 0.3) is 0 Å². The van der Waals surface area contributed by atoms with E-state index in [4.69, 9.17) is 23.2 Å². The van der Waals surface area contributed by atoms with Gasteiger partial charge in [0.1, 0.15) is 0 Å². The van der Waals surface area contributed by atoms with E-state index in [0.29, 0.717) is 10.0 Å². The van der Waals surface area contributed by atoms with Crippen LogP contribution in [0.3, 0.4) is 0 Å². The number of rotatable bonds is 4.